The Hall–Kier alpha value is -2.83. The smallest absolute Gasteiger partial charge is 0.0493 e. The zero-order valence-electron chi connectivity index (χ0n) is 22.3. The molecule has 0 saturated heterocycles. The van der Waals surface area contributed by atoms with E-state index in [1.54, 1.807) is 42.9 Å². The molecule has 0 aliphatic rings. The van der Waals surface area contributed by atoms with Crippen molar-refractivity contribution in [3.8, 4) is 16.9 Å². The molecule has 0 saturated carbocycles. The van der Waals surface area contributed by atoms with E-state index in [4.69, 9.17) is 0 Å². The van der Waals surface area contributed by atoms with Crippen molar-refractivity contribution >= 4 is 0 Å². The second-order valence-electron chi connectivity index (χ2n) is 11.2. The number of rotatable bonds is 4. The van der Waals surface area contributed by atoms with Gasteiger partial charge in [-0.25, -0.2) is 0 Å². The minimum atomic E-state index is -0.589. The fraction of sp³-hybridized carbons (Fsp3) is 0.333. The standard InChI is InChI=1S/C16H16F2N.C14H15F2N2.Ir/c1-16(2,3)10-12-13(17)8-7-11(15(12)18)14-6-4-5-9-19-14;1-14(2,3)9-10-11(15)5-6-12(13(10)16)18-8-4-7-17-18;/h4-6,8-9H,10H2,1-3H3;4-5,7-8H,9H2,1-3H3;/q2*-1;. The summed E-state index contributed by atoms with van der Waals surface area (Å²) in [7, 11) is 0. The van der Waals surface area contributed by atoms with Crippen LogP contribution >= 0.6 is 0 Å². The Morgan fingerprint density at radius 1 is 0.763 bits per heavy atom. The summed E-state index contributed by atoms with van der Waals surface area (Å²) in [5.74, 6) is -2.26. The van der Waals surface area contributed by atoms with Gasteiger partial charge in [0.15, 0.2) is 0 Å². The molecule has 1 radical (unpaired) electrons. The average Bonchev–Trinajstić information content (AvgIpc) is 3.34. The number of hydrogen-bond acceptors (Lipinski definition) is 2. The van der Waals surface area contributed by atoms with Crippen molar-refractivity contribution < 1.29 is 37.7 Å². The van der Waals surface area contributed by atoms with Gasteiger partial charge in [-0.1, -0.05) is 70.4 Å². The minimum absolute atomic E-state index is 0. The molecule has 4 aromatic rings. The van der Waals surface area contributed by atoms with Crippen molar-refractivity contribution in [1.82, 2.24) is 14.8 Å². The van der Waals surface area contributed by atoms with Crippen LogP contribution < -0.4 is 0 Å². The van der Waals surface area contributed by atoms with E-state index >= 15 is 0 Å². The summed E-state index contributed by atoms with van der Waals surface area (Å²) >= 11 is 0. The molecular formula is C30H31F4IrN3-2. The molecule has 2 heterocycles. The van der Waals surface area contributed by atoms with Crippen LogP contribution in [0.4, 0.5) is 17.6 Å². The van der Waals surface area contributed by atoms with E-state index in [-0.39, 0.29) is 53.3 Å². The van der Waals surface area contributed by atoms with Crippen LogP contribution in [0, 0.1) is 46.2 Å². The maximum Gasteiger partial charge on any atom is 0.0493 e. The van der Waals surface area contributed by atoms with Crippen LogP contribution in [0.5, 0.6) is 0 Å². The summed E-state index contributed by atoms with van der Waals surface area (Å²) in [6.07, 6.45) is 5.38. The molecule has 0 unspecified atom stereocenters. The summed E-state index contributed by atoms with van der Waals surface area (Å²) in [5.41, 5.74) is 0.658. The first-order valence-corrected chi connectivity index (χ1v) is 12.0. The Morgan fingerprint density at radius 2 is 1.34 bits per heavy atom. The molecule has 4 rings (SSSR count). The SMILES string of the molecule is CC(C)(C)Cc1c(F)c[c-]c(-c2ccccn2)c1F.CC(C)(C)Cc1c(F)c[c-]c(-n2cccn2)c1F.[Ir]. The van der Waals surface area contributed by atoms with Crippen LogP contribution in [0.25, 0.3) is 16.9 Å². The van der Waals surface area contributed by atoms with Gasteiger partial charge in [0.05, 0.1) is 0 Å². The Kier molecular flexibility index (Phi) is 10.6. The maximum absolute atomic E-state index is 14.4. The van der Waals surface area contributed by atoms with Crippen LogP contribution in [0.1, 0.15) is 52.7 Å². The summed E-state index contributed by atoms with van der Waals surface area (Å²) in [4.78, 5) is 4.08. The molecule has 3 nitrogen and oxygen atoms in total. The molecule has 0 atom stereocenters. The topological polar surface area (TPSA) is 30.7 Å². The number of halogens is 4. The normalized spacial score (nSPS) is 11.4. The third-order valence-corrected chi connectivity index (χ3v) is 5.28. The Bertz CT molecular complexity index is 1330. The maximum atomic E-state index is 14.4. The molecule has 0 aliphatic carbocycles. The molecule has 2 aromatic heterocycles. The van der Waals surface area contributed by atoms with E-state index in [2.05, 4.69) is 22.2 Å². The van der Waals surface area contributed by atoms with Gasteiger partial charge >= 0.3 is 0 Å². The van der Waals surface area contributed by atoms with Gasteiger partial charge in [-0.2, -0.15) is 11.2 Å². The molecule has 8 heteroatoms. The molecule has 205 valence electrons. The molecule has 0 aliphatic heterocycles. The molecule has 0 spiro atoms. The van der Waals surface area contributed by atoms with Crippen LogP contribution in [-0.2, 0) is 32.9 Å². The van der Waals surface area contributed by atoms with Crippen molar-refractivity contribution in [1.29, 1.82) is 0 Å². The predicted octanol–water partition coefficient (Wildman–Crippen LogP) is 7.95. The van der Waals surface area contributed by atoms with Crippen LogP contribution in [-0.4, -0.2) is 14.8 Å². The van der Waals surface area contributed by atoms with Crippen molar-refractivity contribution in [3.05, 3.63) is 102 Å². The van der Waals surface area contributed by atoms with Crippen molar-refractivity contribution in [2.45, 2.75) is 54.4 Å². The van der Waals surface area contributed by atoms with E-state index in [1.807, 2.05) is 41.5 Å². The Labute approximate surface area is 235 Å². The molecule has 0 fully saturated rings. The largest absolute Gasteiger partial charge is 0.305 e. The van der Waals surface area contributed by atoms with E-state index in [9.17, 15) is 17.6 Å². The van der Waals surface area contributed by atoms with Crippen molar-refractivity contribution in [2.24, 2.45) is 10.8 Å². The zero-order chi connectivity index (χ0) is 27.4. The summed E-state index contributed by atoms with van der Waals surface area (Å²) < 4.78 is 57.6. The van der Waals surface area contributed by atoms with E-state index in [1.165, 1.54) is 16.8 Å². The monoisotopic (exact) mass is 702 g/mol. The molecule has 0 amide bonds. The third-order valence-electron chi connectivity index (χ3n) is 5.28. The number of aromatic nitrogens is 3. The predicted molar refractivity (Wildman–Crippen MR) is 137 cm³/mol. The van der Waals surface area contributed by atoms with Gasteiger partial charge in [-0.3, -0.25) is 22.2 Å². The van der Waals surface area contributed by atoms with Gasteiger partial charge in [0, 0.05) is 62.0 Å². The van der Waals surface area contributed by atoms with Crippen LogP contribution in [0.3, 0.4) is 0 Å². The molecular weight excluding hydrogens is 671 g/mol. The quantitative estimate of drug-likeness (QED) is 0.160. The van der Waals surface area contributed by atoms with Crippen LogP contribution in [0.15, 0.2) is 55.0 Å². The average molecular weight is 702 g/mol. The van der Waals surface area contributed by atoms with Gasteiger partial charge in [-0.05, 0) is 47.2 Å². The molecule has 0 N–H and O–H groups in total. The van der Waals surface area contributed by atoms with E-state index in [0.29, 0.717) is 18.5 Å². The Morgan fingerprint density at radius 3 is 1.84 bits per heavy atom. The van der Waals surface area contributed by atoms with Gasteiger partial charge < -0.3 is 4.98 Å². The fourth-order valence-electron chi connectivity index (χ4n) is 3.72. The van der Waals surface area contributed by atoms with E-state index < -0.39 is 23.3 Å². The minimum Gasteiger partial charge on any atom is -0.305 e. The van der Waals surface area contributed by atoms with Crippen molar-refractivity contribution in [3.63, 3.8) is 0 Å². The molecule has 0 bridgehead atoms. The third kappa shape index (κ3) is 8.34. The molecule has 2 aromatic carbocycles. The first kappa shape index (κ1) is 31.4. The first-order valence-electron chi connectivity index (χ1n) is 12.0. The fourth-order valence-corrected chi connectivity index (χ4v) is 3.72. The first-order chi connectivity index (χ1) is 17.3. The second kappa shape index (κ2) is 12.8. The summed E-state index contributed by atoms with van der Waals surface area (Å²) in [5, 5.41) is 3.94. The number of benzene rings is 2. The number of nitrogens with zero attached hydrogens (tertiary/aromatic N) is 3. The van der Waals surface area contributed by atoms with Gasteiger partial charge in [0.2, 0.25) is 0 Å². The summed E-state index contributed by atoms with van der Waals surface area (Å²) in [6.45, 7) is 11.7. The number of pyridine rings is 1. The Balaban J connectivity index is 0.000000260. The van der Waals surface area contributed by atoms with Crippen molar-refractivity contribution in [2.75, 3.05) is 0 Å². The second-order valence-corrected chi connectivity index (χ2v) is 11.2. The van der Waals surface area contributed by atoms with Gasteiger partial charge in [0.1, 0.15) is 0 Å². The van der Waals surface area contributed by atoms with Crippen LogP contribution in [0.2, 0.25) is 0 Å². The van der Waals surface area contributed by atoms with Gasteiger partial charge in [-0.15, -0.1) is 18.2 Å². The summed E-state index contributed by atoms with van der Waals surface area (Å²) in [6, 6.07) is 14.5. The zero-order valence-corrected chi connectivity index (χ0v) is 24.7. The molecule has 38 heavy (non-hydrogen) atoms. The van der Waals surface area contributed by atoms with E-state index in [0.717, 1.165) is 0 Å². The van der Waals surface area contributed by atoms with Gasteiger partial charge in [0.25, 0.3) is 0 Å². The number of hydrogen-bond donors (Lipinski definition) is 0.